The molecule has 2 atom stereocenters. The van der Waals surface area contributed by atoms with Gasteiger partial charge >= 0.3 is 0 Å². The van der Waals surface area contributed by atoms with E-state index in [0.29, 0.717) is 5.92 Å². The van der Waals surface area contributed by atoms with Gasteiger partial charge in [-0.2, -0.15) is 0 Å². The van der Waals surface area contributed by atoms with Crippen molar-refractivity contribution in [3.8, 4) is 11.3 Å². The van der Waals surface area contributed by atoms with E-state index in [0.717, 1.165) is 24.1 Å². The van der Waals surface area contributed by atoms with Crippen molar-refractivity contribution in [2.75, 3.05) is 0 Å². The molecule has 0 saturated heterocycles. The second kappa shape index (κ2) is 9.11. The summed E-state index contributed by atoms with van der Waals surface area (Å²) in [5, 5.41) is 22.7. The Hall–Kier alpha value is -1.58. The summed E-state index contributed by atoms with van der Waals surface area (Å²) in [4.78, 5) is 4.45. The second-order valence-corrected chi connectivity index (χ2v) is 10.3. The van der Waals surface area contributed by atoms with Crippen LogP contribution in [0.2, 0.25) is 0 Å². The molecule has 5 rings (SSSR count). The Morgan fingerprint density at radius 3 is 2.06 bits per heavy atom. The fourth-order valence-corrected chi connectivity index (χ4v) is 5.54. The molecule has 2 aliphatic rings. The number of benzene rings is 2. The molecule has 2 fully saturated rings. The minimum absolute atomic E-state index is 0. The Morgan fingerprint density at radius 2 is 1.48 bits per heavy atom. The molecule has 1 aromatic heterocycles. The summed E-state index contributed by atoms with van der Waals surface area (Å²) in [5.41, 5.74) is 2.03. The van der Waals surface area contributed by atoms with Gasteiger partial charge in [-0.3, -0.25) is 0 Å². The summed E-state index contributed by atoms with van der Waals surface area (Å²) < 4.78 is 0. The molecular weight excluding hydrogens is 563 g/mol. The van der Waals surface area contributed by atoms with Gasteiger partial charge in [-0.1, -0.05) is 52.0 Å². The summed E-state index contributed by atoms with van der Waals surface area (Å²) in [6.45, 7) is 8.43. The molecule has 167 valence electrons. The predicted octanol–water partition coefficient (Wildman–Crippen LogP) is 5.50. The molecule has 2 aliphatic carbocycles. The van der Waals surface area contributed by atoms with E-state index in [1.807, 2.05) is 48.7 Å². The molecule has 2 N–H and O–H groups in total. The topological polar surface area (TPSA) is 53.4 Å². The van der Waals surface area contributed by atoms with Gasteiger partial charge in [0.05, 0.1) is 12.2 Å². The summed E-state index contributed by atoms with van der Waals surface area (Å²) in [6.07, 6.45) is 3.30. The van der Waals surface area contributed by atoms with Gasteiger partial charge in [-0.05, 0) is 52.1 Å². The zero-order valence-electron chi connectivity index (χ0n) is 18.7. The van der Waals surface area contributed by atoms with Gasteiger partial charge in [0, 0.05) is 32.2 Å². The summed E-state index contributed by atoms with van der Waals surface area (Å²) in [6, 6.07) is 21.4. The Labute approximate surface area is 199 Å². The number of hydrogen-bond donors (Lipinski definition) is 2. The molecule has 0 spiro atoms. The van der Waals surface area contributed by atoms with Gasteiger partial charge in [0.1, 0.15) is 0 Å². The fraction of sp³-hybridized carbons (Fsp3) is 0.444. The van der Waals surface area contributed by atoms with Crippen molar-refractivity contribution >= 4 is 10.8 Å². The fourth-order valence-electron chi connectivity index (χ4n) is 5.54. The van der Waals surface area contributed by atoms with Crippen molar-refractivity contribution in [3.63, 3.8) is 0 Å². The van der Waals surface area contributed by atoms with E-state index in [2.05, 4.69) is 50.9 Å². The average molecular weight is 595 g/mol. The van der Waals surface area contributed by atoms with Gasteiger partial charge in [0.15, 0.2) is 0 Å². The quantitative estimate of drug-likeness (QED) is 0.366. The first-order chi connectivity index (χ1) is 14.2. The molecule has 31 heavy (non-hydrogen) atoms. The summed E-state index contributed by atoms with van der Waals surface area (Å²) >= 11 is 0. The number of hydrogen-bond acceptors (Lipinski definition) is 3. The molecule has 3 nitrogen and oxygen atoms in total. The molecule has 1 radical (unpaired) electrons. The minimum Gasteiger partial charge on any atom is -0.392 e. The van der Waals surface area contributed by atoms with Crippen molar-refractivity contribution in [2.45, 2.75) is 52.7 Å². The third-order valence-corrected chi connectivity index (χ3v) is 7.09. The number of pyridine rings is 1. The van der Waals surface area contributed by atoms with Crippen molar-refractivity contribution < 1.29 is 30.3 Å². The Kier molecular flexibility index (Phi) is 7.08. The van der Waals surface area contributed by atoms with Crippen LogP contribution in [0, 0.1) is 28.7 Å². The second-order valence-electron chi connectivity index (χ2n) is 10.3. The number of aromatic nitrogens is 1. The number of nitrogens with zero attached hydrogens (tertiary/aromatic N) is 1. The maximum Gasteiger partial charge on any atom is 0.0646 e. The maximum absolute atomic E-state index is 10.2. The van der Waals surface area contributed by atoms with Crippen LogP contribution in [0.3, 0.4) is 0 Å². The first kappa shape index (κ1) is 24.1. The maximum atomic E-state index is 10.2. The molecule has 1 heterocycles. The van der Waals surface area contributed by atoms with Gasteiger partial charge < -0.3 is 15.2 Å². The van der Waals surface area contributed by atoms with E-state index >= 15 is 0 Å². The van der Waals surface area contributed by atoms with Crippen LogP contribution in [0.5, 0.6) is 0 Å². The van der Waals surface area contributed by atoms with Crippen LogP contribution in [0.4, 0.5) is 0 Å². The van der Waals surface area contributed by atoms with Crippen LogP contribution in [0.15, 0.2) is 60.8 Å². The van der Waals surface area contributed by atoms with Gasteiger partial charge in [0.25, 0.3) is 0 Å². The average Bonchev–Trinajstić information content (AvgIpc) is 3.08. The summed E-state index contributed by atoms with van der Waals surface area (Å²) in [7, 11) is 0. The van der Waals surface area contributed by atoms with Crippen LogP contribution in [-0.4, -0.2) is 27.4 Å². The van der Waals surface area contributed by atoms with Crippen LogP contribution < -0.4 is 0 Å². The zero-order chi connectivity index (χ0) is 21.5. The third-order valence-electron chi connectivity index (χ3n) is 7.09. The normalized spacial score (nSPS) is 27.7. The Balaban J connectivity index is 0.000000172. The zero-order valence-corrected chi connectivity index (χ0v) is 21.1. The Morgan fingerprint density at radius 1 is 0.871 bits per heavy atom. The Bertz CT molecular complexity index is 989. The van der Waals surface area contributed by atoms with Gasteiger partial charge in [-0.25, -0.2) is 0 Å². The summed E-state index contributed by atoms with van der Waals surface area (Å²) in [5.74, 6) is 0.630. The van der Waals surface area contributed by atoms with E-state index in [4.69, 9.17) is 0 Å². The first-order valence-corrected chi connectivity index (χ1v) is 10.9. The molecule has 2 aromatic carbocycles. The van der Waals surface area contributed by atoms with Gasteiger partial charge in [-0.15, -0.1) is 35.9 Å². The largest absolute Gasteiger partial charge is 0.392 e. The molecule has 4 heteroatoms. The van der Waals surface area contributed by atoms with Gasteiger partial charge in [0.2, 0.25) is 0 Å². The van der Waals surface area contributed by atoms with E-state index in [-0.39, 0.29) is 49.1 Å². The SMILES string of the molecule is CC1(C)CC2CC(C)(C)C(O)C2C1O.[Ir].[c-]1ccccc1-c1nccc2ccccc12. The molecule has 3 aromatic rings. The standard InChI is InChI=1S/C15H10N.C12H22O2.Ir/c1-2-7-13(8-3-1)15-14-9-5-4-6-12(14)10-11-16-15;1-11(2)5-7-6-12(3,4)10(14)8(7)9(11)13;/h1-7,9-11H;7-10,13-14H,5-6H2,1-4H3;/q-1;;. The number of fused-ring (bicyclic) bond motifs is 2. The van der Waals surface area contributed by atoms with Crippen molar-refractivity contribution in [1.82, 2.24) is 4.98 Å². The molecule has 2 unspecified atom stereocenters. The molecule has 2 saturated carbocycles. The predicted molar refractivity (Wildman–Crippen MR) is 122 cm³/mol. The van der Waals surface area contributed by atoms with E-state index in [1.165, 1.54) is 10.8 Å². The smallest absolute Gasteiger partial charge is 0.0646 e. The molecule has 0 amide bonds. The van der Waals surface area contributed by atoms with Crippen molar-refractivity contribution in [3.05, 3.63) is 66.9 Å². The van der Waals surface area contributed by atoms with E-state index in [9.17, 15) is 10.2 Å². The monoisotopic (exact) mass is 595 g/mol. The van der Waals surface area contributed by atoms with Crippen LogP contribution >= 0.6 is 0 Å². The van der Waals surface area contributed by atoms with Crippen LogP contribution in [-0.2, 0) is 20.1 Å². The van der Waals surface area contributed by atoms with Crippen LogP contribution in [0.1, 0.15) is 40.5 Å². The number of aliphatic hydroxyl groups excluding tert-OH is 2. The van der Waals surface area contributed by atoms with Crippen molar-refractivity contribution in [2.24, 2.45) is 22.7 Å². The van der Waals surface area contributed by atoms with Crippen LogP contribution in [0.25, 0.3) is 22.0 Å². The number of aliphatic hydroxyl groups is 2. The van der Waals surface area contributed by atoms with E-state index < -0.39 is 0 Å². The first-order valence-electron chi connectivity index (χ1n) is 10.9. The molecule has 0 bridgehead atoms. The third kappa shape index (κ3) is 4.63. The molecular formula is C27H32IrNO2-. The van der Waals surface area contributed by atoms with E-state index in [1.54, 1.807) is 0 Å². The minimum atomic E-state index is -0.329. The number of rotatable bonds is 1. The van der Waals surface area contributed by atoms with Crippen molar-refractivity contribution in [1.29, 1.82) is 0 Å². The molecule has 0 aliphatic heterocycles.